The third-order valence-corrected chi connectivity index (χ3v) is 3.10. The second-order valence-corrected chi connectivity index (χ2v) is 4.68. The Hall–Kier alpha value is -0.870. The molecule has 1 aliphatic carbocycles. The second-order valence-electron chi connectivity index (χ2n) is 4.68. The van der Waals surface area contributed by atoms with Crippen LogP contribution in [0.2, 0.25) is 0 Å². The molecule has 2 rings (SSSR count). The van der Waals surface area contributed by atoms with Crippen LogP contribution in [0.15, 0.2) is 12.5 Å². The molecular formula is C11H19N3O. The van der Waals surface area contributed by atoms with E-state index in [9.17, 15) is 5.11 Å². The van der Waals surface area contributed by atoms with Crippen LogP contribution in [-0.2, 0) is 6.54 Å². The standard InChI is InChI=1S/C11H19N3O/c1-9(2)14-8-12-5-10(14)6-13-11(7-15)3-4-11/h5,8-9,13,15H,3-4,6-7H2,1-2H3. The van der Waals surface area contributed by atoms with Gasteiger partial charge in [0.2, 0.25) is 0 Å². The quantitative estimate of drug-likeness (QED) is 0.763. The van der Waals surface area contributed by atoms with Crippen molar-refractivity contribution in [1.82, 2.24) is 14.9 Å². The highest BCUT2D eigenvalue weighted by Crippen LogP contribution is 2.34. The van der Waals surface area contributed by atoms with Crippen LogP contribution in [0.3, 0.4) is 0 Å². The van der Waals surface area contributed by atoms with Gasteiger partial charge < -0.3 is 15.0 Å². The van der Waals surface area contributed by atoms with E-state index < -0.39 is 0 Å². The summed E-state index contributed by atoms with van der Waals surface area (Å²) in [5.41, 5.74) is 1.19. The minimum atomic E-state index is 0.00603. The zero-order valence-electron chi connectivity index (χ0n) is 9.40. The van der Waals surface area contributed by atoms with E-state index in [0.717, 1.165) is 19.4 Å². The molecule has 0 saturated heterocycles. The fourth-order valence-corrected chi connectivity index (χ4v) is 1.75. The van der Waals surface area contributed by atoms with Gasteiger partial charge in [-0.25, -0.2) is 4.98 Å². The van der Waals surface area contributed by atoms with Gasteiger partial charge in [-0.1, -0.05) is 0 Å². The summed E-state index contributed by atoms with van der Waals surface area (Å²) < 4.78 is 2.15. The molecule has 0 bridgehead atoms. The van der Waals surface area contributed by atoms with Gasteiger partial charge in [-0.3, -0.25) is 0 Å². The Bertz CT molecular complexity index is 328. The molecule has 1 aliphatic rings. The first-order chi connectivity index (χ1) is 7.17. The summed E-state index contributed by atoms with van der Waals surface area (Å²) >= 11 is 0. The predicted octanol–water partition coefficient (Wildman–Crippen LogP) is 1.08. The minimum absolute atomic E-state index is 0.00603. The number of rotatable bonds is 5. The van der Waals surface area contributed by atoms with Crippen LogP contribution in [0.25, 0.3) is 0 Å². The molecule has 0 aliphatic heterocycles. The monoisotopic (exact) mass is 209 g/mol. The Morgan fingerprint density at radius 3 is 2.87 bits per heavy atom. The van der Waals surface area contributed by atoms with Crippen LogP contribution < -0.4 is 5.32 Å². The van der Waals surface area contributed by atoms with Crippen LogP contribution in [0.1, 0.15) is 38.4 Å². The molecule has 84 valence electrons. The molecule has 15 heavy (non-hydrogen) atoms. The molecule has 0 amide bonds. The van der Waals surface area contributed by atoms with Gasteiger partial charge in [0, 0.05) is 24.3 Å². The largest absolute Gasteiger partial charge is 0.394 e. The van der Waals surface area contributed by atoms with Crippen LogP contribution >= 0.6 is 0 Å². The summed E-state index contributed by atoms with van der Waals surface area (Å²) in [6.07, 6.45) is 5.92. The third kappa shape index (κ3) is 2.21. The molecule has 1 heterocycles. The lowest BCUT2D eigenvalue weighted by atomic mass is 10.2. The maximum atomic E-state index is 9.18. The first-order valence-corrected chi connectivity index (χ1v) is 5.53. The summed E-state index contributed by atoms with van der Waals surface area (Å²) in [5.74, 6) is 0. The normalized spacial score (nSPS) is 18.4. The zero-order valence-corrected chi connectivity index (χ0v) is 9.40. The SMILES string of the molecule is CC(C)n1cncc1CNC1(CO)CC1. The number of imidazole rings is 1. The van der Waals surface area contributed by atoms with Crippen molar-refractivity contribution < 1.29 is 5.11 Å². The molecule has 1 fully saturated rings. The topological polar surface area (TPSA) is 50.1 Å². The maximum absolute atomic E-state index is 9.18. The van der Waals surface area contributed by atoms with E-state index in [4.69, 9.17) is 0 Å². The molecule has 0 atom stereocenters. The lowest BCUT2D eigenvalue weighted by molar-refractivity contribution is 0.228. The number of aliphatic hydroxyl groups is 1. The third-order valence-electron chi connectivity index (χ3n) is 3.10. The number of nitrogens with zero attached hydrogens (tertiary/aromatic N) is 2. The number of aliphatic hydroxyl groups excluding tert-OH is 1. The van der Waals surface area contributed by atoms with Crippen molar-refractivity contribution in [2.24, 2.45) is 0 Å². The molecule has 0 spiro atoms. The van der Waals surface area contributed by atoms with Gasteiger partial charge >= 0.3 is 0 Å². The van der Waals surface area contributed by atoms with Crippen LogP contribution in [-0.4, -0.2) is 26.8 Å². The summed E-state index contributed by atoms with van der Waals surface area (Å²) in [6.45, 7) is 5.32. The molecule has 2 N–H and O–H groups in total. The van der Waals surface area contributed by atoms with Crippen molar-refractivity contribution in [3.8, 4) is 0 Å². The number of aromatic nitrogens is 2. The molecule has 0 radical (unpaired) electrons. The lowest BCUT2D eigenvalue weighted by Gasteiger charge is -2.16. The van der Waals surface area contributed by atoms with Crippen LogP contribution in [0.5, 0.6) is 0 Å². The average Bonchev–Trinajstić information content (AvgIpc) is 2.84. The van der Waals surface area contributed by atoms with E-state index in [1.54, 1.807) is 0 Å². The summed E-state index contributed by atoms with van der Waals surface area (Å²) in [6, 6.07) is 0.438. The summed E-state index contributed by atoms with van der Waals surface area (Å²) in [5, 5.41) is 12.6. The molecule has 4 heteroatoms. The van der Waals surface area contributed by atoms with Crippen molar-refractivity contribution in [3.05, 3.63) is 18.2 Å². The fourth-order valence-electron chi connectivity index (χ4n) is 1.75. The van der Waals surface area contributed by atoms with Gasteiger partial charge in [0.15, 0.2) is 0 Å². The highest BCUT2D eigenvalue weighted by atomic mass is 16.3. The van der Waals surface area contributed by atoms with Gasteiger partial charge in [0.05, 0.1) is 18.6 Å². The smallest absolute Gasteiger partial charge is 0.0951 e. The average molecular weight is 209 g/mol. The van der Waals surface area contributed by atoms with E-state index in [2.05, 4.69) is 28.7 Å². The van der Waals surface area contributed by atoms with Crippen molar-refractivity contribution in [2.75, 3.05) is 6.61 Å². The predicted molar refractivity (Wildman–Crippen MR) is 58.5 cm³/mol. The first kappa shape index (κ1) is 10.6. The number of nitrogens with one attached hydrogen (secondary N) is 1. The Labute approximate surface area is 90.3 Å². The Morgan fingerprint density at radius 1 is 1.60 bits per heavy atom. The lowest BCUT2D eigenvalue weighted by Crippen LogP contribution is -2.34. The molecule has 0 aromatic carbocycles. The second kappa shape index (κ2) is 3.94. The number of hydrogen-bond donors (Lipinski definition) is 2. The Balaban J connectivity index is 1.96. The molecule has 1 aromatic heterocycles. The van der Waals surface area contributed by atoms with E-state index in [1.165, 1.54) is 5.69 Å². The van der Waals surface area contributed by atoms with Crippen molar-refractivity contribution in [1.29, 1.82) is 0 Å². The highest BCUT2D eigenvalue weighted by Gasteiger charge is 2.41. The van der Waals surface area contributed by atoms with Gasteiger partial charge in [0.25, 0.3) is 0 Å². The Kier molecular flexibility index (Phi) is 2.80. The Morgan fingerprint density at radius 2 is 2.33 bits per heavy atom. The van der Waals surface area contributed by atoms with E-state index >= 15 is 0 Å². The molecule has 0 unspecified atom stereocenters. The van der Waals surface area contributed by atoms with Gasteiger partial charge in [-0.2, -0.15) is 0 Å². The van der Waals surface area contributed by atoms with Gasteiger partial charge in [-0.15, -0.1) is 0 Å². The van der Waals surface area contributed by atoms with E-state index in [-0.39, 0.29) is 12.1 Å². The van der Waals surface area contributed by atoms with Crippen molar-refractivity contribution in [3.63, 3.8) is 0 Å². The summed E-state index contributed by atoms with van der Waals surface area (Å²) in [4.78, 5) is 4.15. The molecule has 1 saturated carbocycles. The van der Waals surface area contributed by atoms with Gasteiger partial charge in [0.1, 0.15) is 0 Å². The molecule has 1 aromatic rings. The van der Waals surface area contributed by atoms with Crippen molar-refractivity contribution >= 4 is 0 Å². The minimum Gasteiger partial charge on any atom is -0.394 e. The van der Waals surface area contributed by atoms with Gasteiger partial charge in [-0.05, 0) is 26.7 Å². The van der Waals surface area contributed by atoms with E-state index in [1.807, 2.05) is 12.5 Å². The van der Waals surface area contributed by atoms with Crippen LogP contribution in [0.4, 0.5) is 0 Å². The summed E-state index contributed by atoms with van der Waals surface area (Å²) in [7, 11) is 0. The van der Waals surface area contributed by atoms with E-state index in [0.29, 0.717) is 6.04 Å². The first-order valence-electron chi connectivity index (χ1n) is 5.53. The highest BCUT2D eigenvalue weighted by molar-refractivity contribution is 5.06. The zero-order chi connectivity index (χ0) is 10.9. The number of hydrogen-bond acceptors (Lipinski definition) is 3. The fraction of sp³-hybridized carbons (Fsp3) is 0.727. The maximum Gasteiger partial charge on any atom is 0.0951 e. The van der Waals surface area contributed by atoms with Crippen molar-refractivity contribution in [2.45, 2.75) is 44.8 Å². The molecule has 4 nitrogen and oxygen atoms in total. The molecular weight excluding hydrogens is 190 g/mol. The van der Waals surface area contributed by atoms with Crippen LogP contribution in [0, 0.1) is 0 Å².